The number of amides is 1. The van der Waals surface area contributed by atoms with Crippen molar-refractivity contribution in [3.05, 3.63) is 29.1 Å². The zero-order chi connectivity index (χ0) is 19.9. The molecule has 1 aromatic rings. The van der Waals surface area contributed by atoms with Gasteiger partial charge in [0.25, 0.3) is 5.91 Å². The maximum absolute atomic E-state index is 12.3. The van der Waals surface area contributed by atoms with Crippen LogP contribution in [0.3, 0.4) is 0 Å². The van der Waals surface area contributed by atoms with Crippen molar-refractivity contribution in [2.75, 3.05) is 0 Å². The van der Waals surface area contributed by atoms with Crippen molar-refractivity contribution in [2.24, 2.45) is 10.9 Å². The Kier molecular flexibility index (Phi) is 4.73. The first-order valence-electron chi connectivity index (χ1n) is 8.61. The van der Waals surface area contributed by atoms with Crippen LogP contribution in [-0.4, -0.2) is 45.4 Å². The van der Waals surface area contributed by atoms with Gasteiger partial charge < -0.3 is 19.9 Å². The first kappa shape index (κ1) is 19.0. The zero-order valence-corrected chi connectivity index (χ0v) is 15.5. The minimum absolute atomic E-state index is 0.0409. The van der Waals surface area contributed by atoms with E-state index in [0.717, 1.165) is 0 Å². The maximum atomic E-state index is 12.3. The van der Waals surface area contributed by atoms with Gasteiger partial charge in [-0.25, -0.2) is 9.79 Å². The van der Waals surface area contributed by atoms with Gasteiger partial charge in [-0.05, 0) is 25.8 Å². The number of carbonyl (C=O) groups is 3. The number of hydrogen-bond donors (Lipinski definition) is 2. The molecule has 1 amide bonds. The SMILES string of the molecule is CC1CC(=O)OC(c2cnc(C3=NC(C)(C(C)C)C(=O)N3)c(C(=O)O)c2)O1. The molecule has 3 heterocycles. The number of amidine groups is 1. The fourth-order valence-corrected chi connectivity index (χ4v) is 2.85. The number of carbonyl (C=O) groups excluding carboxylic acids is 2. The Labute approximate surface area is 155 Å². The summed E-state index contributed by atoms with van der Waals surface area (Å²) >= 11 is 0. The Bertz CT molecular complexity index is 849. The molecule has 1 aromatic heterocycles. The van der Waals surface area contributed by atoms with Crippen LogP contribution in [0, 0.1) is 5.92 Å². The molecule has 3 rings (SSSR count). The van der Waals surface area contributed by atoms with Crippen LogP contribution in [0.1, 0.15) is 62.0 Å². The predicted octanol–water partition coefficient (Wildman–Crippen LogP) is 1.42. The van der Waals surface area contributed by atoms with Crippen molar-refractivity contribution < 1.29 is 29.0 Å². The summed E-state index contributed by atoms with van der Waals surface area (Å²) in [6.07, 6.45) is 0.110. The van der Waals surface area contributed by atoms with Gasteiger partial charge in [0.15, 0.2) is 5.84 Å². The molecule has 1 fully saturated rings. The van der Waals surface area contributed by atoms with E-state index in [1.165, 1.54) is 12.3 Å². The number of aliphatic imine (C=N–C) groups is 1. The van der Waals surface area contributed by atoms with Crippen molar-refractivity contribution in [1.29, 1.82) is 0 Å². The molecule has 0 aromatic carbocycles. The highest BCUT2D eigenvalue weighted by atomic mass is 16.7. The number of carboxylic acids is 1. The van der Waals surface area contributed by atoms with Gasteiger partial charge in [0.1, 0.15) is 11.2 Å². The topological polar surface area (TPSA) is 127 Å². The molecule has 2 aliphatic heterocycles. The van der Waals surface area contributed by atoms with Gasteiger partial charge in [0, 0.05) is 11.8 Å². The molecule has 27 heavy (non-hydrogen) atoms. The largest absolute Gasteiger partial charge is 0.478 e. The number of nitrogens with zero attached hydrogens (tertiary/aromatic N) is 2. The maximum Gasteiger partial charge on any atom is 0.338 e. The van der Waals surface area contributed by atoms with E-state index in [2.05, 4.69) is 15.3 Å². The first-order valence-corrected chi connectivity index (χ1v) is 8.61. The Morgan fingerprint density at radius 3 is 2.67 bits per heavy atom. The van der Waals surface area contributed by atoms with Crippen molar-refractivity contribution in [2.45, 2.75) is 52.0 Å². The minimum Gasteiger partial charge on any atom is -0.478 e. The van der Waals surface area contributed by atoms with Crippen molar-refractivity contribution >= 4 is 23.7 Å². The summed E-state index contributed by atoms with van der Waals surface area (Å²) in [5.74, 6) is -1.97. The third kappa shape index (κ3) is 3.42. The van der Waals surface area contributed by atoms with Gasteiger partial charge in [-0.3, -0.25) is 14.6 Å². The van der Waals surface area contributed by atoms with Crippen LogP contribution in [0.15, 0.2) is 17.3 Å². The molecular weight excluding hydrogens is 354 g/mol. The van der Waals surface area contributed by atoms with E-state index in [1.807, 2.05) is 13.8 Å². The lowest BCUT2D eigenvalue weighted by molar-refractivity contribution is -0.215. The molecule has 3 unspecified atom stereocenters. The van der Waals surface area contributed by atoms with Crippen LogP contribution in [-0.2, 0) is 19.1 Å². The molecular formula is C18H21N3O6. The molecule has 0 saturated carbocycles. The first-order chi connectivity index (χ1) is 12.6. The summed E-state index contributed by atoms with van der Waals surface area (Å²) in [5.41, 5.74) is -0.827. The number of cyclic esters (lactones) is 1. The molecule has 1 saturated heterocycles. The molecule has 0 aliphatic carbocycles. The van der Waals surface area contributed by atoms with Gasteiger partial charge in [-0.2, -0.15) is 0 Å². The van der Waals surface area contributed by atoms with E-state index in [4.69, 9.17) is 9.47 Å². The highest BCUT2D eigenvalue weighted by Gasteiger charge is 2.43. The minimum atomic E-state index is -1.25. The van der Waals surface area contributed by atoms with E-state index >= 15 is 0 Å². The van der Waals surface area contributed by atoms with Crippen LogP contribution in [0.5, 0.6) is 0 Å². The molecule has 2 aliphatic rings. The second-order valence-electron chi connectivity index (χ2n) is 7.16. The quantitative estimate of drug-likeness (QED) is 0.762. The van der Waals surface area contributed by atoms with Gasteiger partial charge in [0.2, 0.25) is 6.29 Å². The van der Waals surface area contributed by atoms with E-state index in [9.17, 15) is 19.5 Å². The second-order valence-corrected chi connectivity index (χ2v) is 7.16. The third-order valence-corrected chi connectivity index (χ3v) is 4.84. The molecule has 9 nitrogen and oxygen atoms in total. The zero-order valence-electron chi connectivity index (χ0n) is 15.5. The Morgan fingerprint density at radius 1 is 1.41 bits per heavy atom. The monoisotopic (exact) mass is 375 g/mol. The molecule has 144 valence electrons. The highest BCUT2D eigenvalue weighted by Crippen LogP contribution is 2.30. The van der Waals surface area contributed by atoms with Gasteiger partial charge in [-0.1, -0.05) is 13.8 Å². The summed E-state index contributed by atoms with van der Waals surface area (Å²) in [4.78, 5) is 44.3. The van der Waals surface area contributed by atoms with Gasteiger partial charge in [-0.15, -0.1) is 0 Å². The molecule has 0 radical (unpaired) electrons. The van der Waals surface area contributed by atoms with Crippen LogP contribution in [0.25, 0.3) is 0 Å². The average molecular weight is 375 g/mol. The number of aromatic carboxylic acids is 1. The van der Waals surface area contributed by atoms with E-state index < -0.39 is 23.8 Å². The van der Waals surface area contributed by atoms with E-state index in [1.54, 1.807) is 13.8 Å². The second kappa shape index (κ2) is 6.73. The van der Waals surface area contributed by atoms with E-state index in [0.29, 0.717) is 5.56 Å². The van der Waals surface area contributed by atoms with Crippen LogP contribution in [0.2, 0.25) is 0 Å². The third-order valence-electron chi connectivity index (χ3n) is 4.84. The summed E-state index contributed by atoms with van der Waals surface area (Å²) in [7, 11) is 0. The summed E-state index contributed by atoms with van der Waals surface area (Å²) < 4.78 is 10.7. The molecule has 3 atom stereocenters. The standard InChI is InChI=1S/C18H21N3O6/c1-8(2)18(4)17(25)20-14(21-18)13-11(15(23)24)6-10(7-19-13)16-26-9(3)5-12(22)27-16/h6-9,16H,5H2,1-4H3,(H,23,24)(H,20,21,25). The van der Waals surface area contributed by atoms with Gasteiger partial charge in [0.05, 0.1) is 18.1 Å². The number of aromatic nitrogens is 1. The predicted molar refractivity (Wildman–Crippen MR) is 93.1 cm³/mol. The van der Waals surface area contributed by atoms with E-state index in [-0.39, 0.29) is 41.4 Å². The van der Waals surface area contributed by atoms with Crippen LogP contribution >= 0.6 is 0 Å². The lowest BCUT2D eigenvalue weighted by Gasteiger charge is -2.27. The Morgan fingerprint density at radius 2 is 2.11 bits per heavy atom. The summed E-state index contributed by atoms with van der Waals surface area (Å²) in [6, 6.07) is 1.32. The highest BCUT2D eigenvalue weighted by molar-refractivity contribution is 6.17. The molecule has 2 N–H and O–H groups in total. The molecule has 0 bridgehead atoms. The fourth-order valence-electron chi connectivity index (χ4n) is 2.85. The summed E-state index contributed by atoms with van der Waals surface area (Å²) in [5, 5.41) is 12.2. The van der Waals surface area contributed by atoms with Crippen molar-refractivity contribution in [3.8, 4) is 0 Å². The Hall–Kier alpha value is -2.81. The van der Waals surface area contributed by atoms with Crippen LogP contribution < -0.4 is 5.32 Å². The smallest absolute Gasteiger partial charge is 0.338 e. The molecule has 0 spiro atoms. The normalized spacial score (nSPS) is 28.0. The summed E-state index contributed by atoms with van der Waals surface area (Å²) in [6.45, 7) is 7.13. The number of carboxylic acid groups (broad SMARTS) is 1. The average Bonchev–Trinajstić information content (AvgIpc) is 2.90. The fraction of sp³-hybridized carbons (Fsp3) is 0.500. The lowest BCUT2D eigenvalue weighted by atomic mass is 9.89. The number of rotatable bonds is 4. The number of esters is 1. The number of hydrogen-bond acceptors (Lipinski definition) is 7. The van der Waals surface area contributed by atoms with Crippen LogP contribution in [0.4, 0.5) is 0 Å². The lowest BCUT2D eigenvalue weighted by Crippen LogP contribution is -2.41. The van der Waals surface area contributed by atoms with Gasteiger partial charge >= 0.3 is 11.9 Å². The van der Waals surface area contributed by atoms with Crippen molar-refractivity contribution in [3.63, 3.8) is 0 Å². The molecule has 9 heteroatoms. The Balaban J connectivity index is 2.00. The number of ether oxygens (including phenoxy) is 2. The van der Waals surface area contributed by atoms with Crippen molar-refractivity contribution in [1.82, 2.24) is 10.3 Å². The number of pyridine rings is 1. The number of nitrogens with one attached hydrogen (secondary N) is 1.